The van der Waals surface area contributed by atoms with Gasteiger partial charge >= 0.3 is 0 Å². The standard InChI is InChI=1S/C20H18F3N3OS/c21-14-5-4-13(16(23)10-14)11-24-19(27)12-6-8-26(9-7-12)20-25-18-15(22)2-1-3-17(18)28-20/h1-5,10,12H,6-9,11H2,(H,24,27). The molecule has 1 aliphatic rings. The van der Waals surface area contributed by atoms with Gasteiger partial charge in [-0.3, -0.25) is 4.79 Å². The van der Waals surface area contributed by atoms with E-state index in [2.05, 4.69) is 15.2 Å². The van der Waals surface area contributed by atoms with Crippen molar-refractivity contribution in [3.8, 4) is 0 Å². The fraction of sp³-hybridized carbons (Fsp3) is 0.300. The van der Waals surface area contributed by atoms with E-state index in [0.717, 1.165) is 15.9 Å². The summed E-state index contributed by atoms with van der Waals surface area (Å²) in [7, 11) is 0. The van der Waals surface area contributed by atoms with E-state index in [1.807, 2.05) is 6.07 Å². The third-order valence-electron chi connectivity index (χ3n) is 4.96. The van der Waals surface area contributed by atoms with Crippen molar-refractivity contribution in [2.24, 2.45) is 5.92 Å². The van der Waals surface area contributed by atoms with Crippen LogP contribution in [0.25, 0.3) is 10.2 Å². The second-order valence-electron chi connectivity index (χ2n) is 6.80. The van der Waals surface area contributed by atoms with Crippen molar-refractivity contribution in [2.75, 3.05) is 18.0 Å². The molecule has 28 heavy (non-hydrogen) atoms. The molecule has 8 heteroatoms. The fourth-order valence-electron chi connectivity index (χ4n) is 3.36. The summed E-state index contributed by atoms with van der Waals surface area (Å²) in [6, 6.07) is 8.21. The van der Waals surface area contributed by atoms with Crippen molar-refractivity contribution < 1.29 is 18.0 Å². The Bertz CT molecular complexity index is 1020. The summed E-state index contributed by atoms with van der Waals surface area (Å²) >= 11 is 1.44. The lowest BCUT2D eigenvalue weighted by Gasteiger charge is -2.31. The van der Waals surface area contributed by atoms with Gasteiger partial charge in [0, 0.05) is 37.2 Å². The van der Waals surface area contributed by atoms with E-state index >= 15 is 0 Å². The highest BCUT2D eigenvalue weighted by atomic mass is 32.1. The Morgan fingerprint density at radius 1 is 1.14 bits per heavy atom. The molecule has 0 spiro atoms. The van der Waals surface area contributed by atoms with E-state index in [4.69, 9.17) is 0 Å². The van der Waals surface area contributed by atoms with Gasteiger partial charge < -0.3 is 10.2 Å². The molecule has 2 heterocycles. The minimum atomic E-state index is -0.668. The van der Waals surface area contributed by atoms with Crippen LogP contribution < -0.4 is 10.2 Å². The van der Waals surface area contributed by atoms with Crippen molar-refractivity contribution in [3.63, 3.8) is 0 Å². The maximum absolute atomic E-state index is 13.8. The average Bonchev–Trinajstić information content (AvgIpc) is 3.13. The Balaban J connectivity index is 1.34. The molecule has 3 aromatic rings. The van der Waals surface area contributed by atoms with Crippen LogP contribution in [0.15, 0.2) is 36.4 Å². The zero-order chi connectivity index (χ0) is 19.7. The van der Waals surface area contributed by atoms with Gasteiger partial charge in [-0.1, -0.05) is 23.5 Å². The largest absolute Gasteiger partial charge is 0.352 e. The molecule has 1 saturated heterocycles. The van der Waals surface area contributed by atoms with Gasteiger partial charge in [0.15, 0.2) is 5.13 Å². The number of nitrogens with zero attached hydrogens (tertiary/aromatic N) is 2. The zero-order valence-corrected chi connectivity index (χ0v) is 15.7. The number of amides is 1. The molecule has 1 aromatic heterocycles. The highest BCUT2D eigenvalue weighted by Crippen LogP contribution is 2.32. The maximum atomic E-state index is 13.8. The second-order valence-corrected chi connectivity index (χ2v) is 7.81. The van der Waals surface area contributed by atoms with Crippen LogP contribution in [-0.4, -0.2) is 24.0 Å². The maximum Gasteiger partial charge on any atom is 0.223 e. The smallest absolute Gasteiger partial charge is 0.223 e. The lowest BCUT2D eigenvalue weighted by atomic mass is 9.96. The topological polar surface area (TPSA) is 45.2 Å². The van der Waals surface area contributed by atoms with Crippen LogP contribution in [0.1, 0.15) is 18.4 Å². The lowest BCUT2D eigenvalue weighted by molar-refractivity contribution is -0.125. The number of benzene rings is 2. The van der Waals surface area contributed by atoms with Gasteiger partial charge in [-0.25, -0.2) is 18.2 Å². The Kier molecular flexibility index (Phi) is 5.21. The predicted octanol–water partition coefficient (Wildman–Crippen LogP) is 4.25. The van der Waals surface area contributed by atoms with E-state index < -0.39 is 11.6 Å². The van der Waals surface area contributed by atoms with E-state index in [-0.39, 0.29) is 29.8 Å². The number of hydrogen-bond donors (Lipinski definition) is 1. The molecule has 0 bridgehead atoms. The summed E-state index contributed by atoms with van der Waals surface area (Å²) in [4.78, 5) is 18.8. The third-order valence-corrected chi connectivity index (χ3v) is 6.04. The Labute approximate surface area is 164 Å². The lowest BCUT2D eigenvalue weighted by Crippen LogP contribution is -2.40. The zero-order valence-electron chi connectivity index (χ0n) is 14.9. The molecule has 0 unspecified atom stereocenters. The second kappa shape index (κ2) is 7.79. The van der Waals surface area contributed by atoms with Crippen molar-refractivity contribution in [3.05, 3.63) is 59.4 Å². The normalized spacial score (nSPS) is 15.2. The van der Waals surface area contributed by atoms with Crippen LogP contribution in [0.4, 0.5) is 18.3 Å². The minimum absolute atomic E-state index is 0.0301. The number of para-hydroxylation sites is 1. The predicted molar refractivity (Wildman–Crippen MR) is 103 cm³/mol. The molecule has 0 atom stereocenters. The van der Waals surface area contributed by atoms with E-state index in [9.17, 15) is 18.0 Å². The minimum Gasteiger partial charge on any atom is -0.352 e. The molecule has 4 nitrogen and oxygen atoms in total. The number of aromatic nitrogens is 1. The van der Waals surface area contributed by atoms with E-state index in [1.165, 1.54) is 29.5 Å². The van der Waals surface area contributed by atoms with Crippen molar-refractivity contribution in [1.29, 1.82) is 0 Å². The molecule has 0 saturated carbocycles. The van der Waals surface area contributed by atoms with Gasteiger partial charge in [0.2, 0.25) is 5.91 Å². The van der Waals surface area contributed by atoms with Crippen LogP contribution in [-0.2, 0) is 11.3 Å². The molecule has 146 valence electrons. The van der Waals surface area contributed by atoms with Crippen LogP contribution >= 0.6 is 11.3 Å². The number of rotatable bonds is 4. The summed E-state index contributed by atoms with van der Waals surface area (Å²) in [6.07, 6.45) is 1.27. The molecule has 1 amide bonds. The van der Waals surface area contributed by atoms with Gasteiger partial charge in [-0.15, -0.1) is 0 Å². The SMILES string of the molecule is O=C(NCc1ccc(F)cc1F)C1CCN(c2nc3c(F)cccc3s2)CC1. The summed E-state index contributed by atoms with van der Waals surface area (Å²) in [5, 5.41) is 3.49. The van der Waals surface area contributed by atoms with Gasteiger partial charge in [0.05, 0.1) is 4.70 Å². The molecular formula is C20H18F3N3OS. The number of nitrogens with one attached hydrogen (secondary N) is 1. The number of thiazole rings is 1. The van der Waals surface area contributed by atoms with E-state index in [0.29, 0.717) is 31.4 Å². The van der Waals surface area contributed by atoms with Crippen molar-refractivity contribution in [1.82, 2.24) is 10.3 Å². The monoisotopic (exact) mass is 405 g/mol. The number of hydrogen-bond acceptors (Lipinski definition) is 4. The van der Waals surface area contributed by atoms with Crippen LogP contribution in [0.5, 0.6) is 0 Å². The molecule has 1 N–H and O–H groups in total. The van der Waals surface area contributed by atoms with Gasteiger partial charge in [0.25, 0.3) is 0 Å². The molecule has 1 fully saturated rings. The van der Waals surface area contributed by atoms with Crippen LogP contribution in [0, 0.1) is 23.4 Å². The quantitative estimate of drug-likeness (QED) is 0.706. The van der Waals surface area contributed by atoms with Crippen molar-refractivity contribution in [2.45, 2.75) is 19.4 Å². The summed E-state index contributed by atoms with van der Waals surface area (Å²) < 4.78 is 41.3. The van der Waals surface area contributed by atoms with E-state index in [1.54, 1.807) is 6.07 Å². The Morgan fingerprint density at radius 3 is 2.64 bits per heavy atom. The first-order valence-electron chi connectivity index (χ1n) is 9.03. The molecule has 4 rings (SSSR count). The van der Waals surface area contributed by atoms with Gasteiger partial charge in [-0.2, -0.15) is 0 Å². The number of carbonyl (C=O) groups excluding carboxylic acids is 1. The summed E-state index contributed by atoms with van der Waals surface area (Å²) in [5.74, 6) is -1.96. The molecule has 1 aliphatic heterocycles. The first-order chi connectivity index (χ1) is 13.5. The molecular weight excluding hydrogens is 387 g/mol. The third kappa shape index (κ3) is 3.82. The number of anilines is 1. The Hall–Kier alpha value is -2.61. The fourth-order valence-corrected chi connectivity index (χ4v) is 4.39. The Morgan fingerprint density at radius 2 is 1.93 bits per heavy atom. The number of carbonyl (C=O) groups is 1. The highest BCUT2D eigenvalue weighted by Gasteiger charge is 2.26. The molecule has 2 aromatic carbocycles. The highest BCUT2D eigenvalue weighted by molar-refractivity contribution is 7.22. The van der Waals surface area contributed by atoms with Crippen LogP contribution in [0.2, 0.25) is 0 Å². The number of halogens is 3. The first-order valence-corrected chi connectivity index (χ1v) is 9.84. The average molecular weight is 405 g/mol. The van der Waals surface area contributed by atoms with Gasteiger partial charge in [-0.05, 0) is 31.0 Å². The van der Waals surface area contributed by atoms with Gasteiger partial charge in [0.1, 0.15) is 23.0 Å². The summed E-state index contributed by atoms with van der Waals surface area (Å²) in [6.45, 7) is 1.32. The number of piperidine rings is 1. The first kappa shape index (κ1) is 18.7. The molecule has 0 radical (unpaired) electrons. The summed E-state index contributed by atoms with van der Waals surface area (Å²) in [5.41, 5.74) is 0.632. The van der Waals surface area contributed by atoms with Crippen LogP contribution in [0.3, 0.4) is 0 Å². The number of fused-ring (bicyclic) bond motifs is 1. The van der Waals surface area contributed by atoms with Crippen molar-refractivity contribution >= 4 is 32.6 Å². The molecule has 0 aliphatic carbocycles.